The highest BCUT2D eigenvalue weighted by molar-refractivity contribution is 5.94. The molecule has 240 valence electrons. The number of allylic oxidation sites excluding steroid dienone is 4. The number of ether oxygens (including phenoxy) is 1. The van der Waals surface area contributed by atoms with Crippen LogP contribution in [0.25, 0.3) is 0 Å². The smallest absolute Gasteiger partial charge is 0.456 e. The Morgan fingerprint density at radius 3 is 2.47 bits per heavy atom. The lowest BCUT2D eigenvalue weighted by atomic mass is 9.50. The Balaban J connectivity index is 1.36. The molecule has 2 N–H and O–H groups in total. The first-order chi connectivity index (χ1) is 21.2. The van der Waals surface area contributed by atoms with Crippen molar-refractivity contribution in [1.29, 1.82) is 0 Å². The summed E-state index contributed by atoms with van der Waals surface area (Å²) in [6.45, 7) is 1.66. The van der Waals surface area contributed by atoms with Crippen LogP contribution < -0.4 is 10.1 Å². The molecule has 0 aliphatic heterocycles. The number of benzene rings is 2. The van der Waals surface area contributed by atoms with Crippen molar-refractivity contribution in [2.24, 2.45) is 17.3 Å². The van der Waals surface area contributed by atoms with Crippen molar-refractivity contribution in [3.8, 4) is 5.75 Å². The molecule has 2 aromatic carbocycles. The zero-order valence-electron chi connectivity index (χ0n) is 25.1. The number of methoxy groups -OCH3 is 1. The third-order valence-corrected chi connectivity index (χ3v) is 10.9. The predicted molar refractivity (Wildman–Crippen MR) is 157 cm³/mol. The maximum absolute atomic E-state index is 15.2. The van der Waals surface area contributed by atoms with Crippen LogP contribution in [-0.4, -0.2) is 41.6 Å². The molecule has 6 rings (SSSR count). The number of ketones is 1. The second-order valence-corrected chi connectivity index (χ2v) is 13.1. The van der Waals surface area contributed by atoms with Gasteiger partial charge >= 0.3 is 12.1 Å². The molecule has 10 heteroatoms. The van der Waals surface area contributed by atoms with E-state index in [1.54, 1.807) is 43.5 Å². The molecule has 2 fully saturated rings. The zero-order chi connectivity index (χ0) is 32.4. The van der Waals surface area contributed by atoms with Crippen molar-refractivity contribution in [3.63, 3.8) is 0 Å². The minimum absolute atomic E-state index is 0.0226. The largest absolute Gasteiger partial charge is 0.497 e. The molecule has 0 heterocycles. The number of aliphatic hydroxyl groups is 1. The lowest BCUT2D eigenvalue weighted by Crippen LogP contribution is -2.65. The highest BCUT2D eigenvalue weighted by Crippen LogP contribution is 2.70. The Labute approximate surface area is 258 Å². The van der Waals surface area contributed by atoms with Crippen LogP contribution in [0.3, 0.4) is 0 Å². The summed E-state index contributed by atoms with van der Waals surface area (Å²) in [4.78, 5) is 25.2. The first-order valence-corrected chi connectivity index (χ1v) is 15.3. The molecule has 5 atom stereocenters. The van der Waals surface area contributed by atoms with Crippen LogP contribution in [0, 0.1) is 17.3 Å². The molecular weight excluding hydrogens is 593 g/mol. The average Bonchev–Trinajstić information content (AvgIpc) is 3.30. The number of carbonyl (C=O) groups excluding carboxylic acids is 2. The summed E-state index contributed by atoms with van der Waals surface area (Å²) >= 11 is 0. The molecule has 0 aromatic heterocycles. The van der Waals surface area contributed by atoms with Gasteiger partial charge in [-0.1, -0.05) is 36.8 Å². The molecule has 0 spiro atoms. The van der Waals surface area contributed by atoms with Gasteiger partial charge in [-0.3, -0.25) is 9.59 Å². The Bertz CT molecular complexity index is 1580. The van der Waals surface area contributed by atoms with Crippen LogP contribution in [0.4, 0.5) is 22.0 Å². The van der Waals surface area contributed by atoms with Crippen LogP contribution in [0.5, 0.6) is 5.75 Å². The van der Waals surface area contributed by atoms with E-state index >= 15 is 8.78 Å². The highest BCUT2D eigenvalue weighted by Gasteiger charge is 2.79. The van der Waals surface area contributed by atoms with Crippen LogP contribution in [0.15, 0.2) is 71.3 Å². The molecule has 2 saturated carbocycles. The van der Waals surface area contributed by atoms with Gasteiger partial charge in [-0.15, -0.1) is 0 Å². The number of alkyl halides is 5. The Morgan fingerprint density at radius 1 is 1.04 bits per heavy atom. The van der Waals surface area contributed by atoms with Gasteiger partial charge in [-0.25, -0.2) is 0 Å². The molecular formula is C35H36F5NO4. The van der Waals surface area contributed by atoms with Crippen LogP contribution in [0.1, 0.15) is 79.3 Å². The molecule has 4 aliphatic rings. The third kappa shape index (κ3) is 5.00. The fourth-order valence-corrected chi connectivity index (χ4v) is 8.65. The maximum Gasteiger partial charge on any atom is 0.456 e. The fraction of sp³-hybridized carbons (Fsp3) is 0.486. The van der Waals surface area contributed by atoms with E-state index in [2.05, 4.69) is 5.32 Å². The van der Waals surface area contributed by atoms with Gasteiger partial charge in [0.1, 0.15) is 11.4 Å². The van der Waals surface area contributed by atoms with E-state index < -0.39 is 41.4 Å². The van der Waals surface area contributed by atoms with Gasteiger partial charge < -0.3 is 15.2 Å². The summed E-state index contributed by atoms with van der Waals surface area (Å²) in [5.74, 6) is -6.38. The Hall–Kier alpha value is -3.53. The van der Waals surface area contributed by atoms with Gasteiger partial charge in [0.25, 0.3) is 5.91 Å². The summed E-state index contributed by atoms with van der Waals surface area (Å²) in [5.41, 5.74) is -0.226. The first kappa shape index (κ1) is 31.5. The summed E-state index contributed by atoms with van der Waals surface area (Å²) < 4.78 is 77.0. The number of nitrogens with one attached hydrogen (secondary N) is 1. The van der Waals surface area contributed by atoms with Crippen LogP contribution in [0.2, 0.25) is 0 Å². The average molecular weight is 630 g/mol. The van der Waals surface area contributed by atoms with Crippen LogP contribution in [-0.2, 0) is 11.3 Å². The van der Waals surface area contributed by atoms with Crippen molar-refractivity contribution >= 4 is 11.7 Å². The lowest BCUT2D eigenvalue weighted by molar-refractivity contribution is -0.362. The van der Waals surface area contributed by atoms with Gasteiger partial charge in [-0.2, -0.15) is 22.0 Å². The highest BCUT2D eigenvalue weighted by atomic mass is 19.4. The molecule has 0 radical (unpaired) electrons. The third-order valence-electron chi connectivity index (χ3n) is 10.9. The minimum Gasteiger partial charge on any atom is -0.497 e. The van der Waals surface area contributed by atoms with E-state index in [9.17, 15) is 27.9 Å². The van der Waals surface area contributed by atoms with Crippen molar-refractivity contribution in [3.05, 3.63) is 88.0 Å². The van der Waals surface area contributed by atoms with Gasteiger partial charge in [0.05, 0.1) is 7.11 Å². The number of hydrogen-bond acceptors (Lipinski definition) is 4. The molecule has 45 heavy (non-hydrogen) atoms. The van der Waals surface area contributed by atoms with Gasteiger partial charge in [0.15, 0.2) is 5.78 Å². The number of rotatable bonds is 6. The van der Waals surface area contributed by atoms with Gasteiger partial charge in [0.2, 0.25) is 0 Å². The van der Waals surface area contributed by atoms with Gasteiger partial charge in [0, 0.05) is 29.9 Å². The quantitative estimate of drug-likeness (QED) is 0.326. The maximum atomic E-state index is 15.2. The zero-order valence-corrected chi connectivity index (χ0v) is 25.1. The molecule has 5 nitrogen and oxygen atoms in total. The first-order valence-electron chi connectivity index (χ1n) is 15.3. The lowest BCUT2D eigenvalue weighted by Gasteiger charge is -2.56. The summed E-state index contributed by atoms with van der Waals surface area (Å²) in [7, 11) is 1.55. The number of carbonyl (C=O) groups is 2. The molecule has 1 amide bonds. The number of halogens is 5. The van der Waals surface area contributed by atoms with E-state index in [-0.39, 0.29) is 37.0 Å². The van der Waals surface area contributed by atoms with Crippen molar-refractivity contribution in [1.82, 2.24) is 5.32 Å². The van der Waals surface area contributed by atoms with Crippen molar-refractivity contribution < 1.29 is 41.4 Å². The standard InChI is InChI=1S/C35H36F5NO4/c1-32-18-28(21-6-8-22(9-7-21)31(43)41-19-20-4-3-5-25(16-20)45-2)30-26-13-11-24(42)17-23(26)10-12-27(30)29(32)14-15-33(32,44)34(36,37)35(38,39)40/h3-9,16-17,27-29,44H,10-15,18-19H2,1-2H3,(H,41,43)/t27?,28-,29+,32?,33+/m1/s1. The number of hydrogen-bond donors (Lipinski definition) is 2. The SMILES string of the molecule is COc1cccc(CNC(=O)c2ccc([C@H]3CC4(C)[C@@H](CC[C@@]4(O)C(F)(F)C(F)(F)F)C4CCC5=CC(=O)CCC5=C43)cc2)c1. The van der Waals surface area contributed by atoms with E-state index in [4.69, 9.17) is 4.74 Å². The molecule has 2 aromatic rings. The Morgan fingerprint density at radius 2 is 1.78 bits per heavy atom. The summed E-state index contributed by atoms with van der Waals surface area (Å²) in [5, 5.41) is 14.3. The molecule has 0 bridgehead atoms. The molecule has 2 unspecified atom stereocenters. The fourth-order valence-electron chi connectivity index (χ4n) is 8.65. The van der Waals surface area contributed by atoms with E-state index in [0.717, 1.165) is 22.3 Å². The van der Waals surface area contributed by atoms with Crippen molar-refractivity contribution in [2.75, 3.05) is 7.11 Å². The summed E-state index contributed by atoms with van der Waals surface area (Å²) in [6, 6.07) is 14.0. The number of fused-ring (bicyclic) bond motifs is 4. The second kappa shape index (κ2) is 11.1. The Kier molecular flexibility index (Phi) is 7.74. The van der Waals surface area contributed by atoms with E-state index in [1.807, 2.05) is 18.2 Å². The topological polar surface area (TPSA) is 75.6 Å². The van der Waals surface area contributed by atoms with Crippen molar-refractivity contribution in [2.45, 2.75) is 82.0 Å². The monoisotopic (exact) mass is 629 g/mol. The predicted octanol–water partition coefficient (Wildman–Crippen LogP) is 7.45. The van der Waals surface area contributed by atoms with E-state index in [0.29, 0.717) is 42.6 Å². The van der Waals surface area contributed by atoms with Crippen LogP contribution >= 0.6 is 0 Å². The normalized spacial score (nSPS) is 29.8. The second-order valence-electron chi connectivity index (χ2n) is 13.1. The number of amides is 1. The van der Waals surface area contributed by atoms with E-state index in [1.165, 1.54) is 6.92 Å². The van der Waals surface area contributed by atoms with Gasteiger partial charge in [-0.05, 0) is 103 Å². The molecule has 0 saturated heterocycles. The molecule has 4 aliphatic carbocycles. The summed E-state index contributed by atoms with van der Waals surface area (Å²) in [6.07, 6.45) is -3.13. The minimum atomic E-state index is -5.90.